The first-order valence-corrected chi connectivity index (χ1v) is 15.0. The van der Waals surface area contributed by atoms with E-state index >= 15 is 0 Å². The monoisotopic (exact) mass is 561 g/mol. The van der Waals surface area contributed by atoms with Gasteiger partial charge < -0.3 is 9.32 Å². The molecule has 0 aliphatic carbocycles. The highest BCUT2D eigenvalue weighted by atomic mass is 16.3. The van der Waals surface area contributed by atoms with Crippen LogP contribution in [-0.4, -0.2) is 0 Å². The van der Waals surface area contributed by atoms with E-state index in [-0.39, 0.29) is 0 Å². The molecule has 1 aromatic heterocycles. The molecule has 9 aromatic rings. The van der Waals surface area contributed by atoms with Crippen molar-refractivity contribution >= 4 is 71.3 Å². The Kier molecular flexibility index (Phi) is 5.54. The van der Waals surface area contributed by atoms with Crippen molar-refractivity contribution in [3.63, 3.8) is 0 Å². The van der Waals surface area contributed by atoms with Crippen molar-refractivity contribution in [1.82, 2.24) is 0 Å². The predicted molar refractivity (Wildman–Crippen MR) is 186 cm³/mol. The molecule has 0 unspecified atom stereocenters. The molecule has 1 heterocycles. The van der Waals surface area contributed by atoms with Crippen molar-refractivity contribution in [2.75, 3.05) is 4.90 Å². The summed E-state index contributed by atoms with van der Waals surface area (Å²) in [5.41, 5.74) is 7.42. The first-order valence-electron chi connectivity index (χ1n) is 15.0. The molecule has 9 rings (SSSR count). The molecule has 0 saturated carbocycles. The Morgan fingerprint density at radius 2 is 0.750 bits per heavy atom. The summed E-state index contributed by atoms with van der Waals surface area (Å²) in [6.07, 6.45) is 0. The molecule has 0 atom stereocenters. The van der Waals surface area contributed by atoms with Crippen LogP contribution >= 0.6 is 0 Å². The Morgan fingerprint density at radius 3 is 1.43 bits per heavy atom. The number of furan rings is 1. The van der Waals surface area contributed by atoms with Gasteiger partial charge in [-0.15, -0.1) is 0 Å². The van der Waals surface area contributed by atoms with Crippen LogP contribution in [0.2, 0.25) is 0 Å². The van der Waals surface area contributed by atoms with Gasteiger partial charge in [-0.25, -0.2) is 0 Å². The number of fused-ring (bicyclic) bond motifs is 9. The maximum absolute atomic E-state index is 6.34. The fraction of sp³-hybridized carbons (Fsp3) is 0. The van der Waals surface area contributed by atoms with E-state index in [2.05, 4.69) is 157 Å². The number of anilines is 3. The van der Waals surface area contributed by atoms with Gasteiger partial charge >= 0.3 is 0 Å². The molecule has 0 saturated heterocycles. The van der Waals surface area contributed by atoms with Crippen LogP contribution in [0.3, 0.4) is 0 Å². The minimum atomic E-state index is 0.881. The largest absolute Gasteiger partial charge is 0.456 e. The van der Waals surface area contributed by atoms with Crippen LogP contribution in [0.4, 0.5) is 17.1 Å². The van der Waals surface area contributed by atoms with E-state index in [4.69, 9.17) is 4.42 Å². The van der Waals surface area contributed by atoms with Gasteiger partial charge in [0.05, 0.1) is 0 Å². The third-order valence-electron chi connectivity index (χ3n) is 8.84. The lowest BCUT2D eigenvalue weighted by atomic mass is 9.94. The Balaban J connectivity index is 1.28. The second-order valence-corrected chi connectivity index (χ2v) is 11.3. The van der Waals surface area contributed by atoms with E-state index in [1.165, 1.54) is 43.4 Å². The summed E-state index contributed by atoms with van der Waals surface area (Å²) in [6, 6.07) is 58.5. The van der Waals surface area contributed by atoms with Crippen LogP contribution in [0.5, 0.6) is 0 Å². The summed E-state index contributed by atoms with van der Waals surface area (Å²) in [4.78, 5) is 2.34. The van der Waals surface area contributed by atoms with Gasteiger partial charge in [0, 0.05) is 33.9 Å². The highest BCUT2D eigenvalue weighted by Crippen LogP contribution is 2.42. The van der Waals surface area contributed by atoms with Crippen molar-refractivity contribution in [3.8, 4) is 11.1 Å². The van der Waals surface area contributed by atoms with Gasteiger partial charge in [-0.2, -0.15) is 0 Å². The summed E-state index contributed by atoms with van der Waals surface area (Å²) in [6.45, 7) is 0. The zero-order valence-corrected chi connectivity index (χ0v) is 23.9. The second-order valence-electron chi connectivity index (χ2n) is 11.3. The minimum Gasteiger partial charge on any atom is -0.456 e. The van der Waals surface area contributed by atoms with E-state index in [0.29, 0.717) is 0 Å². The molecule has 8 aromatic carbocycles. The lowest BCUT2D eigenvalue weighted by Crippen LogP contribution is -2.09. The van der Waals surface area contributed by atoms with Crippen molar-refractivity contribution in [2.45, 2.75) is 0 Å². The van der Waals surface area contributed by atoms with Crippen molar-refractivity contribution in [3.05, 3.63) is 164 Å². The minimum absolute atomic E-state index is 0.881. The van der Waals surface area contributed by atoms with Crippen LogP contribution in [0.1, 0.15) is 0 Å². The average Bonchev–Trinajstić information content (AvgIpc) is 3.47. The topological polar surface area (TPSA) is 16.4 Å². The average molecular weight is 562 g/mol. The molecule has 0 aliphatic rings. The Morgan fingerprint density at radius 1 is 0.295 bits per heavy atom. The van der Waals surface area contributed by atoms with E-state index in [0.717, 1.165) is 39.0 Å². The van der Waals surface area contributed by atoms with Crippen LogP contribution in [-0.2, 0) is 0 Å². The molecule has 2 heteroatoms. The fourth-order valence-electron chi connectivity index (χ4n) is 6.77. The van der Waals surface area contributed by atoms with Gasteiger partial charge in [-0.1, -0.05) is 115 Å². The Bertz CT molecular complexity index is 2450. The molecule has 0 aliphatic heterocycles. The van der Waals surface area contributed by atoms with E-state index in [1.807, 2.05) is 12.1 Å². The van der Waals surface area contributed by atoms with Gasteiger partial charge in [0.25, 0.3) is 0 Å². The molecular weight excluding hydrogens is 534 g/mol. The summed E-state index contributed by atoms with van der Waals surface area (Å²) in [5, 5.41) is 9.85. The third kappa shape index (κ3) is 3.89. The maximum Gasteiger partial charge on any atom is 0.137 e. The first-order chi connectivity index (χ1) is 21.8. The number of para-hydroxylation sites is 1. The van der Waals surface area contributed by atoms with Crippen LogP contribution < -0.4 is 4.90 Å². The maximum atomic E-state index is 6.34. The molecule has 2 nitrogen and oxygen atoms in total. The molecule has 206 valence electrons. The summed E-state index contributed by atoms with van der Waals surface area (Å²) < 4.78 is 6.34. The lowest BCUT2D eigenvalue weighted by Gasteiger charge is -2.26. The molecule has 0 amide bonds. The van der Waals surface area contributed by atoms with Crippen molar-refractivity contribution in [1.29, 1.82) is 0 Å². The number of hydrogen-bond donors (Lipinski definition) is 0. The quantitative estimate of drug-likeness (QED) is 0.199. The van der Waals surface area contributed by atoms with Crippen LogP contribution in [0, 0.1) is 0 Å². The smallest absolute Gasteiger partial charge is 0.137 e. The summed E-state index contributed by atoms with van der Waals surface area (Å²) in [5.74, 6) is 0. The predicted octanol–water partition coefficient (Wildman–Crippen LogP) is 12.2. The SMILES string of the molecule is c1ccc(-c2ccc(N(c3ccc4c(c3)oc3ccccc34)c3ccc4c5ccccc5c5ccccc5c4c3)cc2)cc1. The third-order valence-corrected chi connectivity index (χ3v) is 8.84. The first kappa shape index (κ1) is 24.7. The van der Waals surface area contributed by atoms with E-state index < -0.39 is 0 Å². The van der Waals surface area contributed by atoms with Crippen LogP contribution in [0.15, 0.2) is 168 Å². The molecule has 0 fully saturated rings. The van der Waals surface area contributed by atoms with E-state index in [9.17, 15) is 0 Å². The van der Waals surface area contributed by atoms with Gasteiger partial charge in [0.15, 0.2) is 0 Å². The van der Waals surface area contributed by atoms with Gasteiger partial charge in [-0.3, -0.25) is 0 Å². The highest BCUT2D eigenvalue weighted by molar-refractivity contribution is 6.25. The Labute approximate surface area is 255 Å². The van der Waals surface area contributed by atoms with Crippen molar-refractivity contribution in [2.24, 2.45) is 0 Å². The molecule has 0 spiro atoms. The van der Waals surface area contributed by atoms with Gasteiger partial charge in [-0.05, 0) is 85.9 Å². The van der Waals surface area contributed by atoms with Crippen LogP contribution in [0.25, 0.3) is 65.4 Å². The Hall–Kier alpha value is -5.86. The molecule has 44 heavy (non-hydrogen) atoms. The zero-order chi connectivity index (χ0) is 29.0. The molecule has 0 radical (unpaired) electrons. The lowest BCUT2D eigenvalue weighted by molar-refractivity contribution is 0.669. The summed E-state index contributed by atoms with van der Waals surface area (Å²) >= 11 is 0. The molecule has 0 bridgehead atoms. The number of hydrogen-bond acceptors (Lipinski definition) is 2. The fourth-order valence-corrected chi connectivity index (χ4v) is 6.77. The van der Waals surface area contributed by atoms with Gasteiger partial charge in [0.1, 0.15) is 11.2 Å². The standard InChI is InChI=1S/C42H27NO/c1-2-10-28(11-3-1)29-18-20-30(21-19-29)43(32-23-25-39-38-16-8-9-17-41(38)44-42(39)27-32)31-22-24-37-35-14-5-4-12-33(35)34-13-6-7-15-36(34)40(37)26-31/h1-27H. The van der Waals surface area contributed by atoms with E-state index in [1.54, 1.807) is 0 Å². The highest BCUT2D eigenvalue weighted by Gasteiger charge is 2.17. The second kappa shape index (κ2) is 9.86. The molecule has 0 N–H and O–H groups in total. The van der Waals surface area contributed by atoms with Crippen molar-refractivity contribution < 1.29 is 4.42 Å². The number of benzene rings is 8. The normalized spacial score (nSPS) is 11.6. The van der Waals surface area contributed by atoms with Gasteiger partial charge in [0.2, 0.25) is 0 Å². The number of nitrogens with zero attached hydrogens (tertiary/aromatic N) is 1. The summed E-state index contributed by atoms with van der Waals surface area (Å²) in [7, 11) is 0. The molecular formula is C42H27NO. The number of rotatable bonds is 4. The zero-order valence-electron chi connectivity index (χ0n) is 23.9.